The molecule has 0 unspecified atom stereocenters. The summed E-state index contributed by atoms with van der Waals surface area (Å²) in [6.45, 7) is 0. The van der Waals surface area contributed by atoms with Crippen LogP contribution in [-0.4, -0.2) is 68.8 Å². The van der Waals surface area contributed by atoms with Crippen LogP contribution < -0.4 is 114 Å². The Morgan fingerprint density at radius 2 is 0.913 bits per heavy atom. The fourth-order valence-electron chi connectivity index (χ4n) is 0.684. The van der Waals surface area contributed by atoms with Crippen LogP contribution in [0.1, 0.15) is 12.8 Å². The molecule has 0 fully saturated rings. The summed E-state index contributed by atoms with van der Waals surface area (Å²) < 4.78 is 0. The second-order valence-electron chi connectivity index (χ2n) is 2.67. The van der Waals surface area contributed by atoms with Gasteiger partial charge < -0.3 is 60.8 Å². The first-order valence-corrected chi connectivity index (χ1v) is 3.72. The molecular formula is C7H9MgNa3O12. The standard InChI is InChI=1S/C6H8O7.CH2O3.Mg.3Na.2H2O/c7-3(8)1-6(13,5(11)12)2-4(9)10;2-1(3)4;;;;;;/h13H,1-2H2,(H,7,8)(H,9,10)(H,11,12);(H2,2,3,4);;;;;2*1H2/q;;+2;3*+1;;/p-5. The van der Waals surface area contributed by atoms with Crippen molar-refractivity contribution in [2.24, 2.45) is 0 Å². The Hall–Kier alpha value is 1.33. The van der Waals surface area contributed by atoms with E-state index >= 15 is 0 Å². The van der Waals surface area contributed by atoms with Gasteiger partial charge in [0.2, 0.25) is 0 Å². The molecule has 0 aromatic carbocycles. The first-order chi connectivity index (χ1) is 7.51. The molecule has 16 heteroatoms. The van der Waals surface area contributed by atoms with E-state index in [0.717, 1.165) is 0 Å². The number of carboxylic acid groups (broad SMARTS) is 5. The molecule has 12 nitrogen and oxygen atoms in total. The number of carbonyl (C=O) groups excluding carboxylic acids is 4. The van der Waals surface area contributed by atoms with E-state index < -0.39 is 42.5 Å². The maximum Gasteiger partial charge on any atom is 2.00 e. The third-order valence-corrected chi connectivity index (χ3v) is 1.25. The molecule has 0 spiro atoms. The normalized spacial score (nSPS) is 7.17. The number of carbonyl (C=O) groups is 4. The molecule has 0 aliphatic rings. The van der Waals surface area contributed by atoms with Crippen molar-refractivity contribution in [3.63, 3.8) is 0 Å². The molecule has 23 heavy (non-hydrogen) atoms. The molecule has 0 heterocycles. The molecule has 0 aliphatic heterocycles. The molecule has 0 atom stereocenters. The van der Waals surface area contributed by atoms with Crippen LogP contribution in [0.15, 0.2) is 0 Å². The van der Waals surface area contributed by atoms with Crippen LogP contribution in [0, 0.1) is 0 Å². The van der Waals surface area contributed by atoms with Gasteiger partial charge in [0, 0.05) is 24.8 Å². The van der Waals surface area contributed by atoms with E-state index in [2.05, 4.69) is 0 Å². The fraction of sp³-hybridized carbons (Fsp3) is 0.429. The predicted molar refractivity (Wildman–Crippen MR) is 47.6 cm³/mol. The summed E-state index contributed by atoms with van der Waals surface area (Å²) in [5.41, 5.74) is -2.97. The summed E-state index contributed by atoms with van der Waals surface area (Å²) >= 11 is 0. The zero-order valence-electron chi connectivity index (χ0n) is 12.7. The molecule has 0 amide bonds. The third kappa shape index (κ3) is 35.3. The minimum Gasteiger partial charge on any atom is -0.652 e. The Balaban J connectivity index is -0.0000000339. The third-order valence-electron chi connectivity index (χ3n) is 1.25. The SMILES string of the molecule is O.O.O=C([O-])CC(O)(CC(=O)[O-])C(=O)[O-].O=C([O-])[O-].[Mg+2].[Na+].[Na+].[Na+]. The summed E-state index contributed by atoms with van der Waals surface area (Å²) in [6, 6.07) is 0. The minimum atomic E-state index is -2.97. The Labute approximate surface area is 212 Å². The predicted octanol–water partition coefficient (Wildman–Crippen LogP) is -18.7. The van der Waals surface area contributed by atoms with Gasteiger partial charge in [0.1, 0.15) is 5.60 Å². The van der Waals surface area contributed by atoms with Crippen molar-refractivity contribution in [1.82, 2.24) is 0 Å². The number of hydrogen-bond donors (Lipinski definition) is 1. The molecule has 0 aliphatic carbocycles. The van der Waals surface area contributed by atoms with Gasteiger partial charge >= 0.3 is 112 Å². The number of hydrogen-bond acceptors (Lipinski definition) is 10. The van der Waals surface area contributed by atoms with Crippen LogP contribution in [0.3, 0.4) is 0 Å². The van der Waals surface area contributed by atoms with Crippen molar-refractivity contribution in [1.29, 1.82) is 0 Å². The van der Waals surface area contributed by atoms with Gasteiger partial charge in [-0.05, 0) is 6.16 Å². The first kappa shape index (κ1) is 49.7. The van der Waals surface area contributed by atoms with Gasteiger partial charge in [0.05, 0.1) is 5.97 Å². The quantitative estimate of drug-likeness (QED) is 0.441. The van der Waals surface area contributed by atoms with Gasteiger partial charge in [-0.25, -0.2) is 0 Å². The van der Waals surface area contributed by atoms with Crippen LogP contribution in [-0.2, 0) is 14.4 Å². The monoisotopic (exact) mass is 378 g/mol. The van der Waals surface area contributed by atoms with E-state index in [1.165, 1.54) is 0 Å². The summed E-state index contributed by atoms with van der Waals surface area (Å²) in [6.07, 6.45) is -5.05. The number of aliphatic carboxylic acids is 3. The minimum absolute atomic E-state index is 0. The average Bonchev–Trinajstić information content (AvgIpc) is 1.98. The first-order valence-electron chi connectivity index (χ1n) is 3.72. The van der Waals surface area contributed by atoms with E-state index in [1.807, 2.05) is 0 Å². The van der Waals surface area contributed by atoms with Crippen molar-refractivity contribution in [3.8, 4) is 0 Å². The number of carboxylic acids is 3. The van der Waals surface area contributed by atoms with Gasteiger partial charge in [0.25, 0.3) is 0 Å². The molecule has 0 aromatic rings. The second kappa shape index (κ2) is 25.6. The van der Waals surface area contributed by atoms with Gasteiger partial charge in [-0.1, -0.05) is 0 Å². The largest absolute Gasteiger partial charge is 2.00 e. The van der Waals surface area contributed by atoms with E-state index in [1.54, 1.807) is 0 Å². The van der Waals surface area contributed by atoms with Crippen LogP contribution in [0.4, 0.5) is 4.79 Å². The number of rotatable bonds is 5. The fourth-order valence-corrected chi connectivity index (χ4v) is 0.684. The van der Waals surface area contributed by atoms with Crippen molar-refractivity contribution in [2.45, 2.75) is 18.4 Å². The Morgan fingerprint density at radius 3 is 1.00 bits per heavy atom. The molecular weight excluding hydrogens is 369 g/mol. The maximum atomic E-state index is 10.1. The molecule has 0 bridgehead atoms. The smallest absolute Gasteiger partial charge is 0.652 e. The Morgan fingerprint density at radius 1 is 0.739 bits per heavy atom. The van der Waals surface area contributed by atoms with Crippen LogP contribution >= 0.6 is 0 Å². The summed E-state index contributed by atoms with van der Waals surface area (Å²) in [5, 5.41) is 55.6. The maximum absolute atomic E-state index is 10.1. The average molecular weight is 378 g/mol. The zero-order valence-corrected chi connectivity index (χ0v) is 20.2. The number of aliphatic hydroxyl groups is 1. The van der Waals surface area contributed by atoms with Crippen molar-refractivity contribution in [2.75, 3.05) is 0 Å². The summed E-state index contributed by atoms with van der Waals surface area (Å²) in [5.74, 6) is -5.98. The van der Waals surface area contributed by atoms with Crippen LogP contribution in [0.2, 0.25) is 0 Å². The summed E-state index contributed by atoms with van der Waals surface area (Å²) in [4.78, 5) is 38.3. The van der Waals surface area contributed by atoms with E-state index in [0.29, 0.717) is 0 Å². The van der Waals surface area contributed by atoms with Crippen molar-refractivity contribution >= 4 is 47.1 Å². The Bertz CT molecular complexity index is 319. The van der Waals surface area contributed by atoms with Crippen LogP contribution in [0.25, 0.3) is 0 Å². The van der Waals surface area contributed by atoms with Crippen molar-refractivity contribution in [3.05, 3.63) is 0 Å². The molecule has 5 N–H and O–H groups in total. The topological polar surface area (TPSA) is 267 Å². The molecule has 0 rings (SSSR count). The second-order valence-corrected chi connectivity index (χ2v) is 2.67. The van der Waals surface area contributed by atoms with Gasteiger partial charge in [-0.3, -0.25) is 0 Å². The van der Waals surface area contributed by atoms with Gasteiger partial charge in [0.15, 0.2) is 0 Å². The van der Waals surface area contributed by atoms with Crippen LogP contribution in [0.5, 0.6) is 0 Å². The summed E-state index contributed by atoms with van der Waals surface area (Å²) in [7, 11) is 0. The Kier molecular flexibility index (Phi) is 55.2. The molecule has 114 valence electrons. The molecule has 0 saturated heterocycles. The van der Waals surface area contributed by atoms with Crippen molar-refractivity contribution < 1.29 is 149 Å². The van der Waals surface area contributed by atoms with E-state index in [9.17, 15) is 29.7 Å². The van der Waals surface area contributed by atoms with Gasteiger partial charge in [-0.2, -0.15) is 0 Å². The van der Waals surface area contributed by atoms with Gasteiger partial charge in [-0.15, -0.1) is 0 Å². The van der Waals surface area contributed by atoms with E-state index in [4.69, 9.17) is 20.1 Å². The van der Waals surface area contributed by atoms with E-state index in [-0.39, 0.29) is 123 Å². The zero-order chi connectivity index (χ0) is 14.2. The molecule has 0 radical (unpaired) electrons. The molecule has 0 saturated carbocycles. The molecule has 0 aromatic heterocycles.